The number of halogens is 7. The van der Waals surface area contributed by atoms with Gasteiger partial charge in [0.05, 0.1) is 23.3 Å². The van der Waals surface area contributed by atoms with Crippen LogP contribution in [-0.4, -0.2) is 57.2 Å². The van der Waals surface area contributed by atoms with Crippen molar-refractivity contribution < 1.29 is 25.8 Å². The summed E-state index contributed by atoms with van der Waals surface area (Å²) in [4.78, 5) is 8.45. The van der Waals surface area contributed by atoms with E-state index in [9.17, 15) is 21.6 Å². The van der Waals surface area contributed by atoms with Gasteiger partial charge in [-0.2, -0.15) is 31.7 Å². The predicted molar refractivity (Wildman–Crippen MR) is 107 cm³/mol. The molecule has 0 aliphatic carbocycles. The molecule has 30 heavy (non-hydrogen) atoms. The van der Waals surface area contributed by atoms with E-state index in [4.69, 9.17) is 46.4 Å². The molecular weight excluding hydrogens is 517 g/mol. The summed E-state index contributed by atoms with van der Waals surface area (Å²) in [6, 6.07) is 0.416. The molecule has 0 unspecified atom stereocenters. The molecule has 3 rings (SSSR count). The van der Waals surface area contributed by atoms with E-state index >= 15 is 0 Å². The number of aromatic nitrogens is 4. The Labute approximate surface area is 190 Å². The van der Waals surface area contributed by atoms with Gasteiger partial charge in [0.25, 0.3) is 0 Å². The van der Waals surface area contributed by atoms with Gasteiger partial charge >= 0.3 is 19.4 Å². The molecule has 1 saturated heterocycles. The standard InChI is InChI=1S/C11H14ClN5.C3H2Cl3F3O3S/c1-7-9-6-14-17(8-2-4-13-5-3-8)10(9)16-11(12)15-7;4-3(5,6)13(10,11)12-1-2(7,8)9/h6,8,13H,2-5H2,1H3;1H2. The molecule has 2 aromatic rings. The van der Waals surface area contributed by atoms with Crippen molar-refractivity contribution in [2.75, 3.05) is 19.7 Å². The Morgan fingerprint density at radius 3 is 2.37 bits per heavy atom. The Bertz CT molecular complexity index is 976. The van der Waals surface area contributed by atoms with Gasteiger partial charge in [-0.1, -0.05) is 34.8 Å². The number of aryl methyl sites for hydroxylation is 1. The first-order chi connectivity index (χ1) is 13.7. The first-order valence-electron chi connectivity index (χ1n) is 8.32. The van der Waals surface area contributed by atoms with Crippen LogP contribution in [0.4, 0.5) is 13.2 Å². The molecule has 1 N–H and O–H groups in total. The van der Waals surface area contributed by atoms with Gasteiger partial charge in [0.15, 0.2) is 12.3 Å². The first-order valence-corrected chi connectivity index (χ1v) is 11.2. The fourth-order valence-electron chi connectivity index (χ4n) is 2.56. The first kappa shape index (κ1) is 25.6. The summed E-state index contributed by atoms with van der Waals surface area (Å²) in [6.07, 6.45) is -0.805. The number of hydrogen-bond acceptors (Lipinski definition) is 7. The third-order valence-corrected chi connectivity index (χ3v) is 6.80. The van der Waals surface area contributed by atoms with Gasteiger partial charge in [0.1, 0.15) is 0 Å². The minimum atomic E-state index is -4.85. The molecule has 8 nitrogen and oxygen atoms in total. The summed E-state index contributed by atoms with van der Waals surface area (Å²) in [5, 5.41) is 9.09. The van der Waals surface area contributed by atoms with Crippen LogP contribution in [0.15, 0.2) is 6.20 Å². The van der Waals surface area contributed by atoms with Crippen molar-refractivity contribution in [2.24, 2.45) is 0 Å². The van der Waals surface area contributed by atoms with Gasteiger partial charge in [0, 0.05) is 0 Å². The lowest BCUT2D eigenvalue weighted by atomic mass is 10.1. The Balaban J connectivity index is 0.000000224. The molecular formula is C14H16Cl4F3N5O3S. The lowest BCUT2D eigenvalue weighted by Gasteiger charge is -2.23. The molecule has 0 spiro atoms. The van der Waals surface area contributed by atoms with Crippen LogP contribution in [0.3, 0.4) is 0 Å². The number of nitrogens with one attached hydrogen (secondary N) is 1. The Kier molecular flexibility index (Phi) is 8.44. The molecule has 1 fully saturated rings. The maximum atomic E-state index is 11.5. The molecule has 170 valence electrons. The van der Waals surface area contributed by atoms with Gasteiger partial charge in [-0.3, -0.25) is 4.18 Å². The third kappa shape index (κ3) is 6.94. The average molecular weight is 533 g/mol. The minimum absolute atomic E-state index is 0.297. The fraction of sp³-hybridized carbons (Fsp3) is 0.643. The van der Waals surface area contributed by atoms with E-state index in [1.807, 2.05) is 17.8 Å². The molecule has 0 atom stereocenters. The van der Waals surface area contributed by atoms with Crippen LogP contribution in [0.2, 0.25) is 5.28 Å². The zero-order valence-corrected chi connectivity index (χ0v) is 19.1. The molecule has 1 aliphatic heterocycles. The maximum absolute atomic E-state index is 11.5. The lowest BCUT2D eigenvalue weighted by molar-refractivity contribution is -0.152. The largest absolute Gasteiger partial charge is 0.413 e. The third-order valence-electron chi connectivity index (χ3n) is 3.93. The second-order valence-electron chi connectivity index (χ2n) is 6.16. The number of nitrogens with zero attached hydrogens (tertiary/aromatic N) is 4. The molecule has 3 heterocycles. The van der Waals surface area contributed by atoms with Gasteiger partial charge < -0.3 is 5.32 Å². The molecule has 1 aliphatic rings. The molecule has 0 aromatic carbocycles. The van der Waals surface area contributed by atoms with Crippen LogP contribution in [0, 0.1) is 6.92 Å². The van der Waals surface area contributed by atoms with Crippen LogP contribution in [0.25, 0.3) is 11.0 Å². The lowest BCUT2D eigenvalue weighted by Crippen LogP contribution is -2.29. The number of hydrogen-bond donors (Lipinski definition) is 1. The van der Waals surface area contributed by atoms with E-state index in [-0.39, 0.29) is 0 Å². The number of rotatable bonds is 3. The number of piperidine rings is 1. The highest BCUT2D eigenvalue weighted by Gasteiger charge is 2.42. The van der Waals surface area contributed by atoms with Crippen molar-refractivity contribution in [1.29, 1.82) is 0 Å². The molecule has 16 heteroatoms. The van der Waals surface area contributed by atoms with E-state index in [0.29, 0.717) is 11.3 Å². The topological polar surface area (TPSA) is 99.0 Å². The number of alkyl halides is 6. The zero-order valence-electron chi connectivity index (χ0n) is 15.3. The smallest absolute Gasteiger partial charge is 0.317 e. The molecule has 0 amide bonds. The van der Waals surface area contributed by atoms with Gasteiger partial charge in [0.2, 0.25) is 5.28 Å². The summed E-state index contributed by atoms with van der Waals surface area (Å²) in [6.45, 7) is 1.97. The second-order valence-corrected chi connectivity index (χ2v) is 11.2. The van der Waals surface area contributed by atoms with Crippen molar-refractivity contribution in [3.8, 4) is 0 Å². The summed E-state index contributed by atoms with van der Waals surface area (Å²) >= 11 is 20.3. The van der Waals surface area contributed by atoms with Crippen LogP contribution >= 0.6 is 46.4 Å². The van der Waals surface area contributed by atoms with Crippen molar-refractivity contribution in [2.45, 2.75) is 35.1 Å². The maximum Gasteiger partial charge on any atom is 0.413 e. The predicted octanol–water partition coefficient (Wildman–Crippen LogP) is 3.94. The van der Waals surface area contributed by atoms with Crippen molar-refractivity contribution in [3.63, 3.8) is 0 Å². The van der Waals surface area contributed by atoms with E-state index in [0.717, 1.165) is 42.7 Å². The molecule has 0 radical (unpaired) electrons. The van der Waals surface area contributed by atoms with Crippen molar-refractivity contribution in [3.05, 3.63) is 17.2 Å². The number of fused-ring (bicyclic) bond motifs is 1. The van der Waals surface area contributed by atoms with Gasteiger partial charge in [-0.25, -0.2) is 9.67 Å². The second kappa shape index (κ2) is 9.88. The highest BCUT2D eigenvalue weighted by Crippen LogP contribution is 2.34. The Morgan fingerprint density at radius 2 is 1.83 bits per heavy atom. The highest BCUT2D eigenvalue weighted by atomic mass is 35.6. The minimum Gasteiger partial charge on any atom is -0.317 e. The van der Waals surface area contributed by atoms with E-state index < -0.39 is 26.0 Å². The Morgan fingerprint density at radius 1 is 1.23 bits per heavy atom. The van der Waals surface area contributed by atoms with Gasteiger partial charge in [-0.05, 0) is 44.5 Å². The van der Waals surface area contributed by atoms with E-state index in [1.165, 1.54) is 0 Å². The molecule has 2 aromatic heterocycles. The van der Waals surface area contributed by atoms with Gasteiger partial charge in [-0.15, -0.1) is 0 Å². The van der Waals surface area contributed by atoms with Crippen molar-refractivity contribution in [1.82, 2.24) is 25.1 Å². The van der Waals surface area contributed by atoms with Crippen molar-refractivity contribution >= 4 is 67.6 Å². The average Bonchev–Trinajstić information content (AvgIpc) is 3.04. The fourth-order valence-corrected chi connectivity index (χ4v) is 3.59. The molecule has 0 saturated carbocycles. The summed E-state index contributed by atoms with van der Waals surface area (Å²) in [5.74, 6) is 0. The van der Waals surface area contributed by atoms with Crippen LogP contribution in [-0.2, 0) is 14.3 Å². The SMILES string of the molecule is Cc1nc(Cl)nc2c1cnn2C1CCNCC1.O=S(=O)(OCC(F)(F)F)C(Cl)(Cl)Cl. The molecule has 0 bridgehead atoms. The van der Waals surface area contributed by atoms with E-state index in [1.54, 1.807) is 0 Å². The summed E-state index contributed by atoms with van der Waals surface area (Å²) < 4.78 is 58.0. The van der Waals surface area contributed by atoms with Crippen LogP contribution in [0.1, 0.15) is 24.6 Å². The zero-order chi connectivity index (χ0) is 22.7. The van der Waals surface area contributed by atoms with Crippen LogP contribution in [0.5, 0.6) is 0 Å². The highest BCUT2D eigenvalue weighted by molar-refractivity contribution is 7.92. The normalized spacial score (nSPS) is 16.4. The van der Waals surface area contributed by atoms with Crippen LogP contribution < -0.4 is 5.32 Å². The summed E-state index contributed by atoms with van der Waals surface area (Å²) in [5.41, 5.74) is 1.74. The van der Waals surface area contributed by atoms with E-state index in [2.05, 4.69) is 24.6 Å². The Hall–Kier alpha value is -0.630. The summed E-state index contributed by atoms with van der Waals surface area (Å²) in [7, 11) is -4.85. The monoisotopic (exact) mass is 531 g/mol. The quantitative estimate of drug-likeness (QED) is 0.363.